The third-order valence-corrected chi connectivity index (χ3v) is 2.07. The van der Waals surface area contributed by atoms with E-state index in [9.17, 15) is 19.2 Å². The summed E-state index contributed by atoms with van der Waals surface area (Å²) in [6.07, 6.45) is 4.48. The summed E-state index contributed by atoms with van der Waals surface area (Å²) in [5.74, 6) is -1.57. The van der Waals surface area contributed by atoms with Gasteiger partial charge >= 0.3 is 11.9 Å². The molecular weight excluding hydrogens is 254 g/mol. The molecule has 0 aromatic heterocycles. The van der Waals surface area contributed by atoms with Gasteiger partial charge < -0.3 is 9.47 Å². The van der Waals surface area contributed by atoms with Gasteiger partial charge in [0.2, 0.25) is 12.3 Å². The Balaban J connectivity index is 3.51. The fourth-order valence-corrected chi connectivity index (χ4v) is 1.13. The van der Waals surface area contributed by atoms with Crippen LogP contribution in [0.2, 0.25) is 0 Å². The van der Waals surface area contributed by atoms with Crippen LogP contribution in [0.4, 0.5) is 0 Å². The van der Waals surface area contributed by atoms with Crippen LogP contribution in [0, 0.1) is 0 Å². The van der Waals surface area contributed by atoms with E-state index < -0.39 is 11.9 Å². The van der Waals surface area contributed by atoms with Crippen molar-refractivity contribution in [1.82, 2.24) is 5.32 Å². The van der Waals surface area contributed by atoms with E-state index in [-0.39, 0.29) is 18.9 Å². The molecule has 2 amide bonds. The first-order valence-corrected chi connectivity index (χ1v) is 5.76. The summed E-state index contributed by atoms with van der Waals surface area (Å²) in [5.41, 5.74) is 0. The minimum atomic E-state index is -0.627. The van der Waals surface area contributed by atoms with Gasteiger partial charge in [0.25, 0.3) is 0 Å². The van der Waals surface area contributed by atoms with Crippen molar-refractivity contribution in [3.8, 4) is 0 Å². The van der Waals surface area contributed by atoms with E-state index in [2.05, 4.69) is 4.74 Å². The van der Waals surface area contributed by atoms with Gasteiger partial charge in [-0.05, 0) is 19.3 Å². The predicted octanol–water partition coefficient (Wildman–Crippen LogP) is 0.0918. The molecule has 1 N–H and O–H groups in total. The van der Waals surface area contributed by atoms with Gasteiger partial charge in [-0.25, -0.2) is 9.59 Å². The lowest BCUT2D eigenvalue weighted by atomic mass is 10.2. The Morgan fingerprint density at radius 2 is 1.74 bits per heavy atom. The zero-order valence-electron chi connectivity index (χ0n) is 10.7. The SMILES string of the molecule is COC(=O)/C=C/C(=O)OCCCCCC(=O)NC=O. The molecule has 7 heteroatoms. The third kappa shape index (κ3) is 10.7. The van der Waals surface area contributed by atoms with E-state index in [1.54, 1.807) is 0 Å². The Hall–Kier alpha value is -2.18. The lowest BCUT2D eigenvalue weighted by Crippen LogP contribution is -2.20. The molecule has 106 valence electrons. The van der Waals surface area contributed by atoms with Gasteiger partial charge in [0, 0.05) is 18.6 Å². The Kier molecular flexibility index (Phi) is 9.69. The maximum Gasteiger partial charge on any atom is 0.331 e. The van der Waals surface area contributed by atoms with Crippen molar-refractivity contribution >= 4 is 24.3 Å². The average molecular weight is 271 g/mol. The molecule has 0 aromatic rings. The highest BCUT2D eigenvalue weighted by atomic mass is 16.5. The van der Waals surface area contributed by atoms with Gasteiger partial charge in [-0.2, -0.15) is 0 Å². The summed E-state index contributed by atoms with van der Waals surface area (Å²) in [5, 5.41) is 2.03. The van der Waals surface area contributed by atoms with Gasteiger partial charge in [0.15, 0.2) is 0 Å². The second-order valence-electron chi connectivity index (χ2n) is 3.52. The summed E-state index contributed by atoms with van der Waals surface area (Å²) in [6, 6.07) is 0. The summed E-state index contributed by atoms with van der Waals surface area (Å²) >= 11 is 0. The number of imide groups is 1. The number of carbonyl (C=O) groups excluding carboxylic acids is 4. The third-order valence-electron chi connectivity index (χ3n) is 2.07. The number of methoxy groups -OCH3 is 1. The number of hydrogen-bond acceptors (Lipinski definition) is 6. The van der Waals surface area contributed by atoms with E-state index in [1.165, 1.54) is 7.11 Å². The number of hydrogen-bond donors (Lipinski definition) is 1. The van der Waals surface area contributed by atoms with Crippen LogP contribution < -0.4 is 5.32 Å². The number of unbranched alkanes of at least 4 members (excludes halogenated alkanes) is 2. The lowest BCUT2D eigenvalue weighted by molar-refractivity contribution is -0.139. The van der Waals surface area contributed by atoms with Crippen LogP contribution >= 0.6 is 0 Å². The van der Waals surface area contributed by atoms with Gasteiger partial charge in [-0.1, -0.05) is 0 Å². The van der Waals surface area contributed by atoms with Crippen LogP contribution in [0.15, 0.2) is 12.2 Å². The average Bonchev–Trinajstić information content (AvgIpc) is 2.40. The van der Waals surface area contributed by atoms with Crippen molar-refractivity contribution in [2.75, 3.05) is 13.7 Å². The van der Waals surface area contributed by atoms with Crippen molar-refractivity contribution in [2.24, 2.45) is 0 Å². The lowest BCUT2D eigenvalue weighted by Gasteiger charge is -2.02. The maximum absolute atomic E-state index is 11.1. The molecule has 0 atom stereocenters. The van der Waals surface area contributed by atoms with Crippen LogP contribution in [0.3, 0.4) is 0 Å². The van der Waals surface area contributed by atoms with E-state index in [1.807, 2.05) is 5.32 Å². The Morgan fingerprint density at radius 1 is 1.05 bits per heavy atom. The van der Waals surface area contributed by atoms with Crippen LogP contribution in [-0.4, -0.2) is 38.0 Å². The summed E-state index contributed by atoms with van der Waals surface area (Å²) in [7, 11) is 1.21. The minimum absolute atomic E-state index is 0.208. The number of esters is 2. The zero-order valence-corrected chi connectivity index (χ0v) is 10.7. The van der Waals surface area contributed by atoms with Gasteiger partial charge in [0.1, 0.15) is 0 Å². The van der Waals surface area contributed by atoms with E-state index in [0.29, 0.717) is 25.7 Å². The van der Waals surface area contributed by atoms with E-state index >= 15 is 0 Å². The number of rotatable bonds is 9. The molecule has 7 nitrogen and oxygen atoms in total. The standard InChI is InChI=1S/C12H17NO6/c1-18-11(16)6-7-12(17)19-8-4-2-3-5-10(15)13-9-14/h6-7,9H,2-5,8H2,1H3,(H,13,14,15)/b7-6+. The van der Waals surface area contributed by atoms with Gasteiger partial charge in [-0.3, -0.25) is 14.9 Å². The molecule has 0 bridgehead atoms. The fraction of sp³-hybridized carbons (Fsp3) is 0.500. The monoisotopic (exact) mass is 271 g/mol. The van der Waals surface area contributed by atoms with Crippen LogP contribution in [-0.2, 0) is 28.7 Å². The molecule has 0 saturated heterocycles. The zero-order chi connectivity index (χ0) is 14.5. The smallest absolute Gasteiger partial charge is 0.331 e. The molecule has 0 fully saturated rings. The van der Waals surface area contributed by atoms with Crippen LogP contribution in [0.5, 0.6) is 0 Å². The molecule has 0 spiro atoms. The van der Waals surface area contributed by atoms with Gasteiger partial charge in [0.05, 0.1) is 13.7 Å². The highest BCUT2D eigenvalue weighted by molar-refractivity contribution is 5.91. The van der Waals surface area contributed by atoms with Crippen molar-refractivity contribution in [3.63, 3.8) is 0 Å². The Morgan fingerprint density at radius 3 is 2.37 bits per heavy atom. The van der Waals surface area contributed by atoms with Crippen molar-refractivity contribution in [1.29, 1.82) is 0 Å². The minimum Gasteiger partial charge on any atom is -0.466 e. The maximum atomic E-state index is 11.1. The molecule has 19 heavy (non-hydrogen) atoms. The summed E-state index contributed by atoms with van der Waals surface area (Å²) in [4.78, 5) is 42.5. The fourth-order valence-electron chi connectivity index (χ4n) is 1.13. The number of nitrogens with one attached hydrogen (secondary N) is 1. The van der Waals surface area contributed by atoms with Crippen molar-refractivity contribution < 1.29 is 28.7 Å². The molecular formula is C12H17NO6. The van der Waals surface area contributed by atoms with Gasteiger partial charge in [-0.15, -0.1) is 0 Å². The molecule has 0 aliphatic carbocycles. The largest absolute Gasteiger partial charge is 0.466 e. The first-order chi connectivity index (χ1) is 9.10. The summed E-state index contributed by atoms with van der Waals surface area (Å²) < 4.78 is 9.11. The number of amides is 2. The van der Waals surface area contributed by atoms with Crippen LogP contribution in [0.1, 0.15) is 25.7 Å². The van der Waals surface area contributed by atoms with Crippen molar-refractivity contribution in [2.45, 2.75) is 25.7 Å². The highest BCUT2D eigenvalue weighted by Crippen LogP contribution is 2.00. The number of ether oxygens (including phenoxy) is 2. The normalized spacial score (nSPS) is 9.95. The molecule has 0 aromatic carbocycles. The second kappa shape index (κ2) is 10.9. The quantitative estimate of drug-likeness (QED) is 0.276. The Labute approximate surface area is 110 Å². The first kappa shape index (κ1) is 16.8. The predicted molar refractivity (Wildman–Crippen MR) is 64.8 cm³/mol. The molecule has 0 saturated carbocycles. The van der Waals surface area contributed by atoms with Crippen LogP contribution in [0.25, 0.3) is 0 Å². The highest BCUT2D eigenvalue weighted by Gasteiger charge is 2.01. The molecule has 0 unspecified atom stereocenters. The number of carbonyl (C=O) groups is 4. The summed E-state index contributed by atoms with van der Waals surface area (Å²) in [6.45, 7) is 0.208. The first-order valence-electron chi connectivity index (χ1n) is 5.76. The molecule has 0 radical (unpaired) electrons. The molecule has 0 aliphatic heterocycles. The molecule has 0 rings (SSSR count). The second-order valence-corrected chi connectivity index (χ2v) is 3.52. The topological polar surface area (TPSA) is 98.8 Å². The molecule has 0 heterocycles. The van der Waals surface area contributed by atoms with E-state index in [0.717, 1.165) is 12.2 Å². The molecule has 0 aliphatic rings. The Bertz CT molecular complexity index is 350. The van der Waals surface area contributed by atoms with E-state index in [4.69, 9.17) is 4.74 Å². The van der Waals surface area contributed by atoms with Crippen molar-refractivity contribution in [3.05, 3.63) is 12.2 Å².